The van der Waals surface area contributed by atoms with Crippen molar-refractivity contribution in [3.05, 3.63) is 29.4 Å². The maximum absolute atomic E-state index is 12.0. The Labute approximate surface area is 112 Å². The highest BCUT2D eigenvalue weighted by atomic mass is 35.5. The summed E-state index contributed by atoms with van der Waals surface area (Å²) in [5.74, 6) is 0.196. The average molecular weight is 291 g/mol. The number of ether oxygens (including phenoxy) is 1. The maximum atomic E-state index is 12.0. The van der Waals surface area contributed by atoms with E-state index in [1.54, 1.807) is 24.3 Å². The summed E-state index contributed by atoms with van der Waals surface area (Å²) in [7, 11) is 0. The van der Waals surface area contributed by atoms with Gasteiger partial charge in [-0.25, -0.2) is 0 Å². The van der Waals surface area contributed by atoms with Gasteiger partial charge in [0.2, 0.25) is 5.88 Å². The van der Waals surface area contributed by atoms with Gasteiger partial charge in [-0.2, -0.15) is 13.2 Å². The van der Waals surface area contributed by atoms with E-state index in [1.165, 1.54) is 0 Å². The number of aromatic nitrogens is 2. The summed E-state index contributed by atoms with van der Waals surface area (Å²) < 4.78 is 41.2. The molecule has 0 fully saturated rings. The summed E-state index contributed by atoms with van der Waals surface area (Å²) in [4.78, 5) is 0. The standard InChI is InChI=1S/C12H10ClF3N2O/c13-10-8-4-1-2-5-9(8)11(18-17-10)19-7-3-6-12(14,15)16/h1-2,4-5H,3,6-7H2. The fourth-order valence-corrected chi connectivity index (χ4v) is 1.80. The first-order valence-electron chi connectivity index (χ1n) is 5.58. The molecule has 0 bridgehead atoms. The van der Waals surface area contributed by atoms with Crippen molar-refractivity contribution in [3.63, 3.8) is 0 Å². The molecule has 2 rings (SSSR count). The summed E-state index contributed by atoms with van der Waals surface area (Å²) >= 11 is 5.87. The van der Waals surface area contributed by atoms with Gasteiger partial charge in [0, 0.05) is 17.2 Å². The summed E-state index contributed by atoms with van der Waals surface area (Å²) in [6, 6.07) is 7.02. The van der Waals surface area contributed by atoms with Crippen LogP contribution in [0.5, 0.6) is 5.88 Å². The SMILES string of the molecule is FC(F)(F)CCCOc1nnc(Cl)c2ccccc12. The number of rotatable bonds is 4. The van der Waals surface area contributed by atoms with E-state index in [4.69, 9.17) is 16.3 Å². The second kappa shape index (κ2) is 5.61. The Morgan fingerprint density at radius 3 is 2.47 bits per heavy atom. The fraction of sp³-hybridized carbons (Fsp3) is 0.333. The molecule has 1 aromatic carbocycles. The van der Waals surface area contributed by atoms with Gasteiger partial charge in [-0.3, -0.25) is 0 Å². The Balaban J connectivity index is 2.07. The molecule has 19 heavy (non-hydrogen) atoms. The topological polar surface area (TPSA) is 35.0 Å². The van der Waals surface area contributed by atoms with Gasteiger partial charge in [0.1, 0.15) is 0 Å². The van der Waals surface area contributed by atoms with E-state index in [9.17, 15) is 13.2 Å². The zero-order valence-corrected chi connectivity index (χ0v) is 10.5. The number of hydrogen-bond acceptors (Lipinski definition) is 3. The summed E-state index contributed by atoms with van der Waals surface area (Å²) in [6.07, 6.45) is -5.18. The molecule has 7 heteroatoms. The van der Waals surface area contributed by atoms with Crippen LogP contribution in [0.25, 0.3) is 10.8 Å². The van der Waals surface area contributed by atoms with Crippen LogP contribution in [-0.4, -0.2) is 23.0 Å². The molecule has 1 aromatic heterocycles. The Hall–Kier alpha value is -1.56. The Bertz CT molecular complexity index is 574. The lowest BCUT2D eigenvalue weighted by Gasteiger charge is -2.09. The van der Waals surface area contributed by atoms with Crippen LogP contribution < -0.4 is 4.74 Å². The lowest BCUT2D eigenvalue weighted by molar-refractivity contribution is -0.136. The van der Waals surface area contributed by atoms with Crippen molar-refractivity contribution < 1.29 is 17.9 Å². The van der Waals surface area contributed by atoms with Crippen molar-refractivity contribution in [2.24, 2.45) is 0 Å². The van der Waals surface area contributed by atoms with Gasteiger partial charge in [0.15, 0.2) is 5.15 Å². The minimum atomic E-state index is -4.17. The molecule has 2 aromatic rings. The molecule has 0 N–H and O–H groups in total. The third kappa shape index (κ3) is 3.70. The van der Waals surface area contributed by atoms with Crippen LogP contribution in [0.4, 0.5) is 13.2 Å². The Kier molecular flexibility index (Phi) is 4.09. The average Bonchev–Trinajstić information content (AvgIpc) is 2.36. The van der Waals surface area contributed by atoms with Crippen molar-refractivity contribution in [3.8, 4) is 5.88 Å². The second-order valence-corrected chi connectivity index (χ2v) is 4.27. The molecular formula is C12H10ClF3N2O. The van der Waals surface area contributed by atoms with Crippen molar-refractivity contribution in [2.75, 3.05) is 6.61 Å². The van der Waals surface area contributed by atoms with E-state index >= 15 is 0 Å². The first-order valence-corrected chi connectivity index (χ1v) is 5.95. The van der Waals surface area contributed by atoms with Crippen molar-refractivity contribution in [1.29, 1.82) is 0 Å². The van der Waals surface area contributed by atoms with E-state index in [-0.39, 0.29) is 24.1 Å². The predicted octanol–water partition coefficient (Wildman–Crippen LogP) is 4.00. The zero-order chi connectivity index (χ0) is 13.9. The molecule has 1 heterocycles. The van der Waals surface area contributed by atoms with Crippen molar-refractivity contribution >= 4 is 22.4 Å². The number of halogens is 4. The van der Waals surface area contributed by atoms with Crippen LogP contribution in [0.1, 0.15) is 12.8 Å². The lowest BCUT2D eigenvalue weighted by atomic mass is 10.2. The summed E-state index contributed by atoms with van der Waals surface area (Å²) in [5.41, 5.74) is 0. The molecule has 0 atom stereocenters. The molecule has 0 spiro atoms. The normalized spacial score (nSPS) is 11.8. The summed E-state index contributed by atoms with van der Waals surface area (Å²) in [6.45, 7) is -0.0696. The van der Waals surface area contributed by atoms with E-state index in [2.05, 4.69) is 10.2 Å². The number of hydrogen-bond donors (Lipinski definition) is 0. The van der Waals surface area contributed by atoms with Gasteiger partial charge in [-0.15, -0.1) is 10.2 Å². The fourth-order valence-electron chi connectivity index (χ4n) is 1.59. The van der Waals surface area contributed by atoms with Crippen LogP contribution in [0, 0.1) is 0 Å². The van der Waals surface area contributed by atoms with Gasteiger partial charge < -0.3 is 4.74 Å². The van der Waals surface area contributed by atoms with E-state index < -0.39 is 12.6 Å². The smallest absolute Gasteiger partial charge is 0.389 e. The molecule has 0 aliphatic carbocycles. The minimum absolute atomic E-state index is 0.0696. The van der Waals surface area contributed by atoms with Crippen LogP contribution in [0.3, 0.4) is 0 Å². The number of benzene rings is 1. The van der Waals surface area contributed by atoms with E-state index in [0.717, 1.165) is 0 Å². The third-order valence-electron chi connectivity index (χ3n) is 2.45. The molecule has 0 aliphatic heterocycles. The Morgan fingerprint density at radius 1 is 1.11 bits per heavy atom. The van der Waals surface area contributed by atoms with Gasteiger partial charge in [-0.05, 0) is 12.5 Å². The maximum Gasteiger partial charge on any atom is 0.389 e. The van der Waals surface area contributed by atoms with Gasteiger partial charge in [-0.1, -0.05) is 29.8 Å². The minimum Gasteiger partial charge on any atom is -0.476 e. The molecule has 102 valence electrons. The molecule has 0 unspecified atom stereocenters. The first-order chi connectivity index (χ1) is 8.97. The molecule has 0 aliphatic rings. The predicted molar refractivity (Wildman–Crippen MR) is 65.3 cm³/mol. The van der Waals surface area contributed by atoms with Crippen LogP contribution in [0.2, 0.25) is 5.15 Å². The lowest BCUT2D eigenvalue weighted by Crippen LogP contribution is -2.10. The summed E-state index contributed by atoms with van der Waals surface area (Å²) in [5, 5.41) is 8.98. The Morgan fingerprint density at radius 2 is 1.79 bits per heavy atom. The third-order valence-corrected chi connectivity index (χ3v) is 2.73. The highest BCUT2D eigenvalue weighted by Crippen LogP contribution is 2.27. The zero-order valence-electron chi connectivity index (χ0n) is 9.75. The molecular weight excluding hydrogens is 281 g/mol. The monoisotopic (exact) mass is 290 g/mol. The molecule has 0 amide bonds. The number of nitrogens with zero attached hydrogens (tertiary/aromatic N) is 2. The molecule has 3 nitrogen and oxygen atoms in total. The van der Waals surface area contributed by atoms with E-state index in [1.807, 2.05) is 0 Å². The number of alkyl halides is 3. The van der Waals surface area contributed by atoms with Crippen LogP contribution in [0.15, 0.2) is 24.3 Å². The van der Waals surface area contributed by atoms with Crippen LogP contribution in [-0.2, 0) is 0 Å². The van der Waals surface area contributed by atoms with E-state index in [0.29, 0.717) is 10.8 Å². The van der Waals surface area contributed by atoms with Crippen molar-refractivity contribution in [1.82, 2.24) is 10.2 Å². The van der Waals surface area contributed by atoms with Gasteiger partial charge >= 0.3 is 6.18 Å². The molecule has 0 radical (unpaired) electrons. The first kappa shape index (κ1) is 13.9. The molecule has 0 saturated heterocycles. The highest BCUT2D eigenvalue weighted by Gasteiger charge is 2.26. The van der Waals surface area contributed by atoms with Crippen LogP contribution >= 0.6 is 11.6 Å². The molecule has 0 saturated carbocycles. The second-order valence-electron chi connectivity index (χ2n) is 3.91. The van der Waals surface area contributed by atoms with Gasteiger partial charge in [0.25, 0.3) is 0 Å². The largest absolute Gasteiger partial charge is 0.476 e. The van der Waals surface area contributed by atoms with Gasteiger partial charge in [0.05, 0.1) is 6.61 Å². The number of fused-ring (bicyclic) bond motifs is 1. The quantitative estimate of drug-likeness (QED) is 0.798. The highest BCUT2D eigenvalue weighted by molar-refractivity contribution is 6.34. The van der Waals surface area contributed by atoms with Crippen molar-refractivity contribution in [2.45, 2.75) is 19.0 Å².